The van der Waals surface area contributed by atoms with Gasteiger partial charge < -0.3 is 19.1 Å². The van der Waals surface area contributed by atoms with Crippen LogP contribution in [0.15, 0.2) is 22.7 Å². The second-order valence-corrected chi connectivity index (χ2v) is 11.2. The number of benzene rings is 1. The van der Waals surface area contributed by atoms with Crippen molar-refractivity contribution in [3.05, 3.63) is 46.6 Å². The Bertz CT molecular complexity index is 1180. The molecule has 0 N–H and O–H groups in total. The molecular formula is C22H27F3N4O5S. The fourth-order valence-electron chi connectivity index (χ4n) is 4.56. The number of likely N-dealkylation sites (tertiary alicyclic amines) is 1. The quantitative estimate of drug-likeness (QED) is 0.615. The Hall–Kier alpha value is -2.67. The molecule has 2 aromatic rings. The zero-order valence-corrected chi connectivity index (χ0v) is 20.2. The topological polar surface area (TPSA) is 106 Å². The van der Waals surface area contributed by atoms with Gasteiger partial charge in [0.25, 0.3) is 0 Å². The van der Waals surface area contributed by atoms with Crippen LogP contribution >= 0.6 is 0 Å². The van der Waals surface area contributed by atoms with Crippen LogP contribution in [-0.4, -0.2) is 80.0 Å². The third-order valence-electron chi connectivity index (χ3n) is 6.27. The largest absolute Gasteiger partial charge is 0.416 e. The van der Waals surface area contributed by atoms with Crippen molar-refractivity contribution in [1.82, 2.24) is 19.9 Å². The number of rotatable bonds is 4. The number of aromatic nitrogens is 2. The molecule has 0 bridgehead atoms. The molecule has 0 radical (unpaired) electrons. The number of nitrogens with zero attached hydrogens (tertiary/aromatic N) is 4. The molecule has 0 aliphatic carbocycles. The van der Waals surface area contributed by atoms with Gasteiger partial charge in [0.05, 0.1) is 24.7 Å². The number of sulfone groups is 1. The number of ether oxygens (including phenoxy) is 1. The Morgan fingerprint density at radius 1 is 1.14 bits per heavy atom. The fraction of sp³-hybridized carbons (Fsp3) is 0.591. The first kappa shape index (κ1) is 25.4. The minimum absolute atomic E-state index is 0.00497. The Morgan fingerprint density at radius 3 is 2.49 bits per heavy atom. The van der Waals surface area contributed by atoms with Crippen LogP contribution in [0.4, 0.5) is 18.0 Å². The zero-order chi connectivity index (χ0) is 25.4. The molecule has 2 unspecified atom stereocenters. The van der Waals surface area contributed by atoms with Crippen LogP contribution in [0.2, 0.25) is 0 Å². The standard InChI is InChI=1S/C22H27F3N4O5S/c1-14-3-4-15(10-18(14)22(23,24)25)16-9-17(20-26-19(27-34-20)13-35(2,31)32)12-29(11-16)21(30)28-5-7-33-8-6-28/h3-4,10,16-17H,5-9,11-13H2,1-2H3. The molecule has 0 spiro atoms. The molecule has 2 aliphatic heterocycles. The van der Waals surface area contributed by atoms with Gasteiger partial charge in [-0.3, -0.25) is 0 Å². The molecule has 1 aromatic heterocycles. The second kappa shape index (κ2) is 9.76. The van der Waals surface area contributed by atoms with Crippen LogP contribution in [0, 0.1) is 6.92 Å². The lowest BCUT2D eigenvalue weighted by atomic mass is 9.83. The Kier molecular flexibility index (Phi) is 7.09. The predicted molar refractivity (Wildman–Crippen MR) is 118 cm³/mol. The summed E-state index contributed by atoms with van der Waals surface area (Å²) in [7, 11) is -3.38. The van der Waals surface area contributed by atoms with Crippen LogP contribution in [0.25, 0.3) is 0 Å². The van der Waals surface area contributed by atoms with Crippen molar-refractivity contribution >= 4 is 15.9 Å². The highest BCUT2D eigenvalue weighted by atomic mass is 32.2. The van der Waals surface area contributed by atoms with Gasteiger partial charge in [-0.15, -0.1) is 0 Å². The summed E-state index contributed by atoms with van der Waals surface area (Å²) in [6.07, 6.45) is -3.07. The molecule has 2 saturated heterocycles. The van der Waals surface area contributed by atoms with Crippen molar-refractivity contribution in [3.8, 4) is 0 Å². The van der Waals surface area contributed by atoms with Crippen molar-refractivity contribution in [2.45, 2.75) is 37.1 Å². The van der Waals surface area contributed by atoms with Gasteiger partial charge >= 0.3 is 12.2 Å². The van der Waals surface area contributed by atoms with Crippen molar-refractivity contribution in [2.75, 3.05) is 45.6 Å². The first-order valence-corrected chi connectivity index (χ1v) is 13.3. The van der Waals surface area contributed by atoms with E-state index in [9.17, 15) is 26.4 Å². The number of piperidine rings is 1. The highest BCUT2D eigenvalue weighted by molar-refractivity contribution is 7.89. The van der Waals surface area contributed by atoms with Crippen LogP contribution in [0.1, 0.15) is 46.7 Å². The summed E-state index contributed by atoms with van der Waals surface area (Å²) in [6.45, 7) is 3.55. The van der Waals surface area contributed by atoms with E-state index in [0.29, 0.717) is 38.3 Å². The lowest BCUT2D eigenvalue weighted by Gasteiger charge is -2.40. The first-order valence-electron chi connectivity index (χ1n) is 11.2. The van der Waals surface area contributed by atoms with Crippen LogP contribution < -0.4 is 0 Å². The normalized spacial score (nSPS) is 21.9. The number of hydrogen-bond donors (Lipinski definition) is 0. The molecule has 3 heterocycles. The van der Waals surface area contributed by atoms with Crippen LogP contribution in [0.3, 0.4) is 0 Å². The predicted octanol–water partition coefficient (Wildman–Crippen LogP) is 2.97. The molecule has 35 heavy (non-hydrogen) atoms. The number of amides is 2. The van der Waals surface area contributed by atoms with Crippen LogP contribution in [0.5, 0.6) is 0 Å². The smallest absolute Gasteiger partial charge is 0.378 e. The molecular weight excluding hydrogens is 489 g/mol. The maximum atomic E-state index is 13.6. The summed E-state index contributed by atoms with van der Waals surface area (Å²) >= 11 is 0. The summed E-state index contributed by atoms with van der Waals surface area (Å²) in [6, 6.07) is 4.00. The van der Waals surface area contributed by atoms with Crippen molar-refractivity contribution in [1.29, 1.82) is 0 Å². The summed E-state index contributed by atoms with van der Waals surface area (Å²) < 4.78 is 74.5. The second-order valence-electron chi connectivity index (χ2n) is 9.11. The van der Waals surface area contributed by atoms with E-state index in [4.69, 9.17) is 9.26 Å². The lowest BCUT2D eigenvalue weighted by Crippen LogP contribution is -2.52. The first-order chi connectivity index (χ1) is 16.4. The van der Waals surface area contributed by atoms with E-state index in [2.05, 4.69) is 10.1 Å². The van der Waals surface area contributed by atoms with Gasteiger partial charge in [-0.1, -0.05) is 17.3 Å². The molecule has 2 fully saturated rings. The lowest BCUT2D eigenvalue weighted by molar-refractivity contribution is -0.138. The van der Waals surface area contributed by atoms with E-state index in [-0.39, 0.29) is 36.4 Å². The van der Waals surface area contributed by atoms with Crippen LogP contribution in [-0.2, 0) is 26.5 Å². The van der Waals surface area contributed by atoms with E-state index in [1.165, 1.54) is 13.0 Å². The molecule has 192 valence electrons. The minimum Gasteiger partial charge on any atom is -0.378 e. The fourth-order valence-corrected chi connectivity index (χ4v) is 5.14. The summed E-state index contributed by atoms with van der Waals surface area (Å²) in [4.78, 5) is 20.7. The minimum atomic E-state index is -4.50. The van der Waals surface area contributed by atoms with Gasteiger partial charge in [0.2, 0.25) is 5.89 Å². The molecule has 9 nitrogen and oxygen atoms in total. The van der Waals surface area contributed by atoms with Gasteiger partial charge in [-0.25, -0.2) is 13.2 Å². The number of urea groups is 1. The highest BCUT2D eigenvalue weighted by Gasteiger charge is 2.38. The average molecular weight is 517 g/mol. The number of hydrogen-bond acceptors (Lipinski definition) is 7. The number of halogens is 3. The van der Waals surface area contributed by atoms with Gasteiger partial charge in [0.1, 0.15) is 5.75 Å². The van der Waals surface area contributed by atoms with Crippen molar-refractivity contribution in [2.24, 2.45) is 0 Å². The van der Waals surface area contributed by atoms with Gasteiger partial charge in [-0.05, 0) is 30.5 Å². The summed E-state index contributed by atoms with van der Waals surface area (Å²) in [5.74, 6) is -1.10. The number of aryl methyl sites for hydroxylation is 1. The molecule has 2 amide bonds. The average Bonchev–Trinajstić information content (AvgIpc) is 3.25. The monoisotopic (exact) mass is 516 g/mol. The van der Waals surface area contributed by atoms with E-state index in [0.717, 1.165) is 12.3 Å². The summed E-state index contributed by atoms with van der Waals surface area (Å²) in [5.41, 5.74) is -0.128. The molecule has 1 aromatic carbocycles. The van der Waals surface area contributed by atoms with Gasteiger partial charge in [-0.2, -0.15) is 18.2 Å². The number of carbonyl (C=O) groups excluding carboxylic acids is 1. The Labute approximate surface area is 201 Å². The number of morpholine rings is 1. The number of alkyl halides is 3. The number of carbonyl (C=O) groups is 1. The molecule has 2 atom stereocenters. The summed E-state index contributed by atoms with van der Waals surface area (Å²) in [5, 5.41) is 3.75. The Morgan fingerprint density at radius 2 is 1.83 bits per heavy atom. The SMILES string of the molecule is Cc1ccc(C2CC(c3nc(CS(C)(=O)=O)no3)CN(C(=O)N3CCOCC3)C2)cc1C(F)(F)F. The maximum Gasteiger partial charge on any atom is 0.416 e. The van der Waals surface area contributed by atoms with E-state index >= 15 is 0 Å². The highest BCUT2D eigenvalue weighted by Crippen LogP contribution is 2.39. The molecule has 2 aliphatic rings. The Balaban J connectivity index is 1.64. The third-order valence-corrected chi connectivity index (χ3v) is 7.05. The van der Waals surface area contributed by atoms with E-state index in [1.807, 2.05) is 0 Å². The molecule has 13 heteroatoms. The van der Waals surface area contributed by atoms with Crippen molar-refractivity contribution < 1.29 is 35.6 Å². The van der Waals surface area contributed by atoms with E-state index in [1.54, 1.807) is 15.9 Å². The van der Waals surface area contributed by atoms with Gasteiger partial charge in [0, 0.05) is 38.4 Å². The molecule has 4 rings (SSSR count). The molecule has 0 saturated carbocycles. The third kappa shape index (κ3) is 6.13. The maximum absolute atomic E-state index is 13.6. The van der Waals surface area contributed by atoms with E-state index < -0.39 is 39.2 Å². The van der Waals surface area contributed by atoms with Gasteiger partial charge in [0.15, 0.2) is 15.7 Å². The zero-order valence-electron chi connectivity index (χ0n) is 19.4. The van der Waals surface area contributed by atoms with Crippen molar-refractivity contribution in [3.63, 3.8) is 0 Å².